The van der Waals surface area contributed by atoms with Gasteiger partial charge in [0.05, 0.1) is 12.4 Å². The zero-order valence-corrected chi connectivity index (χ0v) is 16.5. The largest absolute Gasteiger partial charge is 0.358 e. The van der Waals surface area contributed by atoms with E-state index in [1.807, 2.05) is 60.2 Å². The number of imidazole rings is 1. The summed E-state index contributed by atoms with van der Waals surface area (Å²) in [4.78, 5) is 20.5. The maximum atomic E-state index is 12.9. The first-order valence-electron chi connectivity index (χ1n) is 10.2. The Morgan fingerprint density at radius 1 is 1.14 bits per heavy atom. The topological polar surface area (TPSA) is 62.7 Å². The van der Waals surface area contributed by atoms with E-state index in [1.165, 1.54) is 29.5 Å². The lowest BCUT2D eigenvalue weighted by molar-refractivity contribution is 0.0940. The lowest BCUT2D eigenvalue weighted by Crippen LogP contribution is -2.26. The van der Waals surface area contributed by atoms with Gasteiger partial charge in [0.15, 0.2) is 0 Å². The van der Waals surface area contributed by atoms with Gasteiger partial charge in [0, 0.05) is 40.2 Å². The molecular formula is C24H24N4O. The number of aromatic nitrogens is 3. The van der Waals surface area contributed by atoms with Crippen LogP contribution in [0.5, 0.6) is 0 Å². The van der Waals surface area contributed by atoms with Gasteiger partial charge in [0.1, 0.15) is 0 Å². The number of rotatable bonds is 4. The van der Waals surface area contributed by atoms with Crippen molar-refractivity contribution in [1.29, 1.82) is 0 Å². The molecule has 0 bridgehead atoms. The van der Waals surface area contributed by atoms with Crippen LogP contribution in [0.15, 0.2) is 61.2 Å². The molecule has 4 aromatic rings. The van der Waals surface area contributed by atoms with Gasteiger partial charge in [0.25, 0.3) is 5.91 Å². The number of carbonyl (C=O) groups excluding carboxylic acids is 1. The van der Waals surface area contributed by atoms with Crippen molar-refractivity contribution in [2.24, 2.45) is 0 Å². The summed E-state index contributed by atoms with van der Waals surface area (Å²) in [6.45, 7) is 2.01. The molecular weight excluding hydrogens is 360 g/mol. The monoisotopic (exact) mass is 384 g/mol. The van der Waals surface area contributed by atoms with Crippen LogP contribution >= 0.6 is 0 Å². The fourth-order valence-corrected chi connectivity index (χ4v) is 4.26. The van der Waals surface area contributed by atoms with Crippen LogP contribution in [0.4, 0.5) is 0 Å². The van der Waals surface area contributed by atoms with E-state index < -0.39 is 0 Å². The van der Waals surface area contributed by atoms with Crippen molar-refractivity contribution in [1.82, 2.24) is 19.9 Å². The number of hydrogen-bond acceptors (Lipinski definition) is 2. The second kappa shape index (κ2) is 7.24. The Labute approximate surface area is 169 Å². The lowest BCUT2D eigenvalue weighted by Gasteiger charge is -2.15. The number of aromatic amines is 1. The quantitative estimate of drug-likeness (QED) is 0.535. The van der Waals surface area contributed by atoms with Gasteiger partial charge in [-0.3, -0.25) is 4.79 Å². The average molecular weight is 384 g/mol. The first kappa shape index (κ1) is 17.7. The van der Waals surface area contributed by atoms with E-state index in [1.54, 1.807) is 12.5 Å². The Bertz CT molecular complexity index is 1160. The maximum Gasteiger partial charge on any atom is 0.251 e. The first-order chi connectivity index (χ1) is 14.2. The highest BCUT2D eigenvalue weighted by atomic mass is 16.1. The summed E-state index contributed by atoms with van der Waals surface area (Å²) in [6.07, 6.45) is 10.1. The number of fused-ring (bicyclic) bond motifs is 3. The second-order valence-corrected chi connectivity index (χ2v) is 7.81. The van der Waals surface area contributed by atoms with Crippen molar-refractivity contribution < 1.29 is 4.79 Å². The van der Waals surface area contributed by atoms with Gasteiger partial charge in [-0.15, -0.1) is 0 Å². The lowest BCUT2D eigenvalue weighted by atomic mass is 9.95. The predicted molar refractivity (Wildman–Crippen MR) is 114 cm³/mol. The van der Waals surface area contributed by atoms with Crippen LogP contribution in [-0.4, -0.2) is 20.4 Å². The summed E-state index contributed by atoms with van der Waals surface area (Å²) in [5.74, 6) is -0.0381. The molecule has 0 saturated carbocycles. The van der Waals surface area contributed by atoms with Crippen LogP contribution in [0, 0.1) is 0 Å². The molecule has 5 heteroatoms. The normalized spacial score (nSPS) is 14.5. The molecule has 1 aliphatic rings. The van der Waals surface area contributed by atoms with Gasteiger partial charge in [-0.1, -0.05) is 12.1 Å². The summed E-state index contributed by atoms with van der Waals surface area (Å²) < 4.78 is 1.96. The Balaban J connectivity index is 1.34. The first-order valence-corrected chi connectivity index (χ1v) is 10.2. The zero-order chi connectivity index (χ0) is 19.8. The van der Waals surface area contributed by atoms with Crippen molar-refractivity contribution in [3.8, 4) is 5.69 Å². The van der Waals surface area contributed by atoms with Gasteiger partial charge in [-0.25, -0.2) is 4.98 Å². The van der Waals surface area contributed by atoms with Crippen molar-refractivity contribution in [2.45, 2.75) is 38.6 Å². The van der Waals surface area contributed by atoms with Gasteiger partial charge in [-0.05, 0) is 74.1 Å². The molecule has 1 amide bonds. The summed E-state index contributed by atoms with van der Waals surface area (Å²) >= 11 is 0. The van der Waals surface area contributed by atoms with Crippen LogP contribution in [0.1, 0.15) is 53.0 Å². The molecule has 0 aliphatic heterocycles. The molecule has 29 heavy (non-hydrogen) atoms. The van der Waals surface area contributed by atoms with E-state index in [-0.39, 0.29) is 11.9 Å². The van der Waals surface area contributed by atoms with Crippen molar-refractivity contribution in [3.63, 3.8) is 0 Å². The number of nitrogens with one attached hydrogen (secondary N) is 2. The van der Waals surface area contributed by atoms with Crippen LogP contribution in [-0.2, 0) is 12.8 Å². The highest BCUT2D eigenvalue weighted by molar-refractivity contribution is 5.99. The second-order valence-electron chi connectivity index (χ2n) is 7.81. The minimum absolute atomic E-state index is 0.0381. The zero-order valence-electron chi connectivity index (χ0n) is 16.5. The van der Waals surface area contributed by atoms with Gasteiger partial charge in [0.2, 0.25) is 0 Å². The molecule has 146 valence electrons. The van der Waals surface area contributed by atoms with Gasteiger partial charge in [-0.2, -0.15) is 0 Å². The highest BCUT2D eigenvalue weighted by Crippen LogP contribution is 2.30. The molecule has 0 fully saturated rings. The standard InChI is InChI=1S/C24H24N4O/c1-16(17-6-9-19(10-7-17)28-13-12-25-15-28)26-24(29)18-8-11-23-21(14-18)20-4-2-3-5-22(20)27-23/h6-16,27H,2-5H2,1H3,(H,26,29)/t16-/m0/s1. The Morgan fingerprint density at radius 3 is 2.76 bits per heavy atom. The van der Waals surface area contributed by atoms with Crippen LogP contribution < -0.4 is 5.32 Å². The summed E-state index contributed by atoms with van der Waals surface area (Å²) in [7, 11) is 0. The third-order valence-electron chi connectivity index (χ3n) is 5.90. The smallest absolute Gasteiger partial charge is 0.251 e. The average Bonchev–Trinajstić information content (AvgIpc) is 3.41. The summed E-state index contributed by atoms with van der Waals surface area (Å²) in [6, 6.07) is 14.1. The third-order valence-corrected chi connectivity index (χ3v) is 5.90. The summed E-state index contributed by atoms with van der Waals surface area (Å²) in [5.41, 5.74) is 6.71. The molecule has 2 heterocycles. The Hall–Kier alpha value is -3.34. The number of benzene rings is 2. The molecule has 0 spiro atoms. The number of aryl methyl sites for hydroxylation is 2. The van der Waals surface area contributed by atoms with Gasteiger partial charge >= 0.3 is 0 Å². The predicted octanol–water partition coefficient (Wildman–Crippen LogP) is 4.72. The Morgan fingerprint density at radius 2 is 1.97 bits per heavy atom. The number of amides is 1. The molecule has 5 rings (SSSR count). The molecule has 2 aromatic heterocycles. The number of carbonyl (C=O) groups is 1. The number of hydrogen-bond donors (Lipinski definition) is 2. The molecule has 2 aromatic carbocycles. The van der Waals surface area contributed by atoms with Gasteiger partial charge < -0.3 is 14.9 Å². The molecule has 1 atom stereocenters. The highest BCUT2D eigenvalue weighted by Gasteiger charge is 2.18. The molecule has 2 N–H and O–H groups in total. The fourth-order valence-electron chi connectivity index (χ4n) is 4.26. The van der Waals surface area contributed by atoms with Crippen LogP contribution in [0.2, 0.25) is 0 Å². The van der Waals surface area contributed by atoms with E-state index in [0.717, 1.165) is 29.6 Å². The van der Waals surface area contributed by atoms with Crippen molar-refractivity contribution in [2.75, 3.05) is 0 Å². The van der Waals surface area contributed by atoms with Crippen molar-refractivity contribution in [3.05, 3.63) is 83.6 Å². The number of H-pyrrole nitrogens is 1. The molecule has 5 nitrogen and oxygen atoms in total. The van der Waals surface area contributed by atoms with E-state index in [0.29, 0.717) is 5.56 Å². The van der Waals surface area contributed by atoms with E-state index >= 15 is 0 Å². The molecule has 0 radical (unpaired) electrons. The van der Waals surface area contributed by atoms with Crippen LogP contribution in [0.25, 0.3) is 16.6 Å². The number of nitrogens with zero attached hydrogens (tertiary/aromatic N) is 2. The molecule has 1 aliphatic carbocycles. The molecule has 0 saturated heterocycles. The Kier molecular flexibility index (Phi) is 4.43. The third kappa shape index (κ3) is 3.33. The molecule has 0 unspecified atom stereocenters. The van der Waals surface area contributed by atoms with E-state index in [2.05, 4.69) is 15.3 Å². The SMILES string of the molecule is C[C@H](NC(=O)c1ccc2[nH]c3c(c2c1)CCCC3)c1ccc(-n2ccnc2)cc1. The minimum Gasteiger partial charge on any atom is -0.358 e. The van der Waals surface area contributed by atoms with E-state index in [9.17, 15) is 4.79 Å². The minimum atomic E-state index is -0.0739. The fraction of sp³-hybridized carbons (Fsp3) is 0.250. The summed E-state index contributed by atoms with van der Waals surface area (Å²) in [5, 5.41) is 4.33. The van der Waals surface area contributed by atoms with Crippen LogP contribution in [0.3, 0.4) is 0 Å². The van der Waals surface area contributed by atoms with E-state index in [4.69, 9.17) is 0 Å². The maximum absolute atomic E-state index is 12.9. The van der Waals surface area contributed by atoms with Crippen molar-refractivity contribution >= 4 is 16.8 Å².